The van der Waals surface area contributed by atoms with Gasteiger partial charge in [0.05, 0.1) is 14.2 Å². The van der Waals surface area contributed by atoms with Gasteiger partial charge in [0, 0.05) is 35.6 Å². The van der Waals surface area contributed by atoms with Crippen LogP contribution in [0, 0.1) is 0 Å². The van der Waals surface area contributed by atoms with Crippen molar-refractivity contribution in [3.8, 4) is 11.5 Å². The number of nitrogens with one attached hydrogen (secondary N) is 1. The average Bonchev–Trinajstić information content (AvgIpc) is 2.53. The van der Waals surface area contributed by atoms with Crippen molar-refractivity contribution in [2.75, 3.05) is 14.2 Å². The molecule has 1 heterocycles. The maximum Gasteiger partial charge on any atom is 0.225 e. The fraction of sp³-hybridized carbons (Fsp3) is 0.412. The van der Waals surface area contributed by atoms with E-state index in [0.29, 0.717) is 17.9 Å². The molecule has 1 aliphatic carbocycles. The minimum Gasteiger partial charge on any atom is -0.497 e. The molecular formula is C17H19NO4. The van der Waals surface area contributed by atoms with E-state index < -0.39 is 0 Å². The SMILES string of the molecule is COc1ccc(OC)c([C@@H]2CC(=O)NC3=C2C(=O)CCC3)c1. The largest absolute Gasteiger partial charge is 0.497 e. The van der Waals surface area contributed by atoms with Gasteiger partial charge >= 0.3 is 0 Å². The number of carbonyl (C=O) groups is 2. The number of rotatable bonds is 3. The number of amides is 1. The van der Waals surface area contributed by atoms with Crippen molar-refractivity contribution >= 4 is 11.7 Å². The first-order chi connectivity index (χ1) is 10.6. The van der Waals surface area contributed by atoms with Gasteiger partial charge in [-0.15, -0.1) is 0 Å². The second-order valence-electron chi connectivity index (χ2n) is 5.58. The first kappa shape index (κ1) is 14.6. The van der Waals surface area contributed by atoms with Crippen LogP contribution in [-0.4, -0.2) is 25.9 Å². The Bertz CT molecular complexity index is 663. The highest BCUT2D eigenvalue weighted by atomic mass is 16.5. The molecular weight excluding hydrogens is 282 g/mol. The van der Waals surface area contributed by atoms with E-state index in [1.807, 2.05) is 18.2 Å². The molecule has 22 heavy (non-hydrogen) atoms. The fourth-order valence-corrected chi connectivity index (χ4v) is 3.28. The van der Waals surface area contributed by atoms with Crippen LogP contribution in [0.1, 0.15) is 37.2 Å². The molecule has 1 N–H and O–H groups in total. The normalized spacial score (nSPS) is 21.3. The summed E-state index contributed by atoms with van der Waals surface area (Å²) in [6, 6.07) is 5.48. The summed E-state index contributed by atoms with van der Waals surface area (Å²) in [7, 11) is 3.18. The number of hydrogen-bond acceptors (Lipinski definition) is 4. The predicted octanol–water partition coefficient (Wildman–Crippen LogP) is 2.31. The molecule has 3 rings (SSSR count). The molecule has 0 unspecified atom stereocenters. The predicted molar refractivity (Wildman–Crippen MR) is 80.9 cm³/mol. The quantitative estimate of drug-likeness (QED) is 0.930. The number of methoxy groups -OCH3 is 2. The van der Waals surface area contributed by atoms with Gasteiger partial charge in [-0.05, 0) is 31.0 Å². The highest BCUT2D eigenvalue weighted by Crippen LogP contribution is 2.42. The molecule has 1 aromatic carbocycles. The van der Waals surface area contributed by atoms with Gasteiger partial charge in [0.1, 0.15) is 11.5 Å². The third-order valence-corrected chi connectivity index (χ3v) is 4.30. The first-order valence-corrected chi connectivity index (χ1v) is 7.42. The lowest BCUT2D eigenvalue weighted by molar-refractivity contribution is -0.122. The van der Waals surface area contributed by atoms with Crippen molar-refractivity contribution in [3.63, 3.8) is 0 Å². The summed E-state index contributed by atoms with van der Waals surface area (Å²) >= 11 is 0. The monoisotopic (exact) mass is 301 g/mol. The van der Waals surface area contributed by atoms with E-state index in [4.69, 9.17) is 9.47 Å². The van der Waals surface area contributed by atoms with Crippen LogP contribution in [-0.2, 0) is 9.59 Å². The molecule has 0 spiro atoms. The minimum absolute atomic E-state index is 0.0525. The van der Waals surface area contributed by atoms with Crippen LogP contribution in [0.2, 0.25) is 0 Å². The Morgan fingerprint density at radius 1 is 1.14 bits per heavy atom. The zero-order chi connectivity index (χ0) is 15.7. The second kappa shape index (κ2) is 5.83. The summed E-state index contributed by atoms with van der Waals surface area (Å²) in [5, 5.41) is 2.86. The molecule has 0 aromatic heterocycles. The first-order valence-electron chi connectivity index (χ1n) is 7.42. The van der Waals surface area contributed by atoms with E-state index in [1.54, 1.807) is 14.2 Å². The summed E-state index contributed by atoms with van der Waals surface area (Å²) in [5.41, 5.74) is 2.35. The molecule has 5 heteroatoms. The topological polar surface area (TPSA) is 64.6 Å². The van der Waals surface area contributed by atoms with Crippen LogP contribution in [0.4, 0.5) is 0 Å². The summed E-state index contributed by atoms with van der Waals surface area (Å²) in [6.07, 6.45) is 2.33. The van der Waals surface area contributed by atoms with Crippen LogP contribution in [0.15, 0.2) is 29.5 Å². The highest BCUT2D eigenvalue weighted by Gasteiger charge is 2.36. The summed E-state index contributed by atoms with van der Waals surface area (Å²) in [6.45, 7) is 0. The third kappa shape index (κ3) is 2.47. The number of carbonyl (C=O) groups excluding carboxylic acids is 2. The summed E-state index contributed by atoms with van der Waals surface area (Å²) < 4.78 is 10.7. The van der Waals surface area contributed by atoms with Crippen molar-refractivity contribution in [1.82, 2.24) is 5.32 Å². The second-order valence-corrected chi connectivity index (χ2v) is 5.58. The van der Waals surface area contributed by atoms with Crippen molar-refractivity contribution in [3.05, 3.63) is 35.0 Å². The molecule has 0 saturated heterocycles. The van der Waals surface area contributed by atoms with Crippen molar-refractivity contribution in [2.24, 2.45) is 0 Å². The van der Waals surface area contributed by atoms with Gasteiger partial charge in [0.2, 0.25) is 5.91 Å². The van der Waals surface area contributed by atoms with Crippen LogP contribution in [0.25, 0.3) is 0 Å². The van der Waals surface area contributed by atoms with E-state index in [1.165, 1.54) is 0 Å². The molecule has 2 aliphatic rings. The fourth-order valence-electron chi connectivity index (χ4n) is 3.28. The Balaban J connectivity index is 2.13. The Morgan fingerprint density at radius 2 is 1.95 bits per heavy atom. The van der Waals surface area contributed by atoms with E-state index in [2.05, 4.69) is 5.32 Å². The highest BCUT2D eigenvalue weighted by molar-refractivity contribution is 6.01. The Morgan fingerprint density at radius 3 is 2.68 bits per heavy atom. The molecule has 0 fully saturated rings. The van der Waals surface area contributed by atoms with E-state index >= 15 is 0 Å². The lowest BCUT2D eigenvalue weighted by Gasteiger charge is -2.31. The molecule has 0 bridgehead atoms. The van der Waals surface area contributed by atoms with Crippen LogP contribution >= 0.6 is 0 Å². The van der Waals surface area contributed by atoms with Crippen molar-refractivity contribution in [1.29, 1.82) is 0 Å². The number of ketones is 1. The number of Topliss-reactive ketones (excluding diaryl/α,β-unsaturated/α-hetero) is 1. The van der Waals surface area contributed by atoms with Crippen LogP contribution in [0.3, 0.4) is 0 Å². The number of allylic oxidation sites excluding steroid dienone is 2. The van der Waals surface area contributed by atoms with E-state index in [9.17, 15) is 9.59 Å². The lowest BCUT2D eigenvalue weighted by atomic mass is 9.77. The molecule has 1 amide bonds. The minimum atomic E-state index is -0.262. The van der Waals surface area contributed by atoms with Gasteiger partial charge in [-0.2, -0.15) is 0 Å². The Kier molecular flexibility index (Phi) is 3.88. The molecule has 1 aliphatic heterocycles. The van der Waals surface area contributed by atoms with E-state index in [-0.39, 0.29) is 24.0 Å². The lowest BCUT2D eigenvalue weighted by Crippen LogP contribution is -2.36. The molecule has 1 aromatic rings. The van der Waals surface area contributed by atoms with Gasteiger partial charge in [-0.25, -0.2) is 0 Å². The summed E-state index contributed by atoms with van der Waals surface area (Å²) in [4.78, 5) is 24.4. The summed E-state index contributed by atoms with van der Waals surface area (Å²) in [5.74, 6) is 1.17. The smallest absolute Gasteiger partial charge is 0.225 e. The Labute approximate surface area is 129 Å². The molecule has 116 valence electrons. The van der Waals surface area contributed by atoms with Gasteiger partial charge in [0.15, 0.2) is 5.78 Å². The zero-order valence-electron chi connectivity index (χ0n) is 12.8. The molecule has 0 saturated carbocycles. The van der Waals surface area contributed by atoms with Gasteiger partial charge in [-0.3, -0.25) is 9.59 Å². The van der Waals surface area contributed by atoms with Crippen LogP contribution < -0.4 is 14.8 Å². The van der Waals surface area contributed by atoms with E-state index in [0.717, 1.165) is 29.7 Å². The zero-order valence-corrected chi connectivity index (χ0v) is 12.8. The molecule has 0 radical (unpaired) electrons. The maximum atomic E-state index is 12.4. The van der Waals surface area contributed by atoms with Gasteiger partial charge in [-0.1, -0.05) is 0 Å². The van der Waals surface area contributed by atoms with Crippen molar-refractivity contribution in [2.45, 2.75) is 31.6 Å². The standard InChI is InChI=1S/C17H19NO4/c1-21-10-6-7-15(22-2)11(8-10)12-9-16(20)18-13-4-3-5-14(19)17(12)13/h6-8,12H,3-5,9H2,1-2H3,(H,18,20)/t12-/m0/s1. The maximum absolute atomic E-state index is 12.4. The Hall–Kier alpha value is -2.30. The average molecular weight is 301 g/mol. The number of ether oxygens (including phenoxy) is 2. The molecule has 1 atom stereocenters. The van der Waals surface area contributed by atoms with Gasteiger partial charge in [0.25, 0.3) is 0 Å². The van der Waals surface area contributed by atoms with Gasteiger partial charge < -0.3 is 14.8 Å². The third-order valence-electron chi connectivity index (χ3n) is 4.30. The van der Waals surface area contributed by atoms with Crippen molar-refractivity contribution < 1.29 is 19.1 Å². The number of benzene rings is 1. The number of hydrogen-bond donors (Lipinski definition) is 1. The molecule has 5 nitrogen and oxygen atoms in total. The van der Waals surface area contributed by atoms with Crippen LogP contribution in [0.5, 0.6) is 11.5 Å².